The number of aromatic nitrogens is 1. The average Bonchev–Trinajstić information content (AvgIpc) is 2.91. The highest BCUT2D eigenvalue weighted by atomic mass is 35.5. The van der Waals surface area contributed by atoms with Crippen LogP contribution in [0.25, 0.3) is 11.1 Å². The zero-order valence-electron chi connectivity index (χ0n) is 13.6. The van der Waals surface area contributed by atoms with Crippen molar-refractivity contribution < 1.29 is 18.7 Å². The van der Waals surface area contributed by atoms with Crippen LogP contribution in [0, 0.1) is 11.3 Å². The van der Waals surface area contributed by atoms with Crippen LogP contribution in [0.15, 0.2) is 40.8 Å². The molecule has 26 heavy (non-hydrogen) atoms. The summed E-state index contributed by atoms with van der Waals surface area (Å²) in [6.45, 7) is 0.956. The topological polar surface area (TPSA) is 85.4 Å². The largest absolute Gasteiger partial charge is 0.489 e. The van der Waals surface area contributed by atoms with Crippen LogP contribution < -0.4 is 9.47 Å². The molecule has 6 nitrogen and oxygen atoms in total. The molecule has 0 saturated carbocycles. The molecule has 1 unspecified atom stereocenters. The lowest BCUT2D eigenvalue weighted by Crippen LogP contribution is -2.12. The van der Waals surface area contributed by atoms with Crippen molar-refractivity contribution in [3.05, 3.63) is 52.9 Å². The molecule has 2 heterocycles. The second kappa shape index (κ2) is 6.70. The summed E-state index contributed by atoms with van der Waals surface area (Å²) in [6.07, 6.45) is 0.720. The molecule has 0 radical (unpaired) electrons. The van der Waals surface area contributed by atoms with Crippen LogP contribution in [0.2, 0.25) is 5.02 Å². The molecule has 130 valence electrons. The van der Waals surface area contributed by atoms with Crippen molar-refractivity contribution in [1.82, 2.24) is 4.98 Å². The number of hydrogen-bond donors (Lipinski definition) is 0. The summed E-state index contributed by atoms with van der Waals surface area (Å²) < 4.78 is 16.7. The van der Waals surface area contributed by atoms with Gasteiger partial charge in [-0.25, -0.2) is 4.98 Å². The number of carbonyl (C=O) groups excluding carboxylic acids is 1. The van der Waals surface area contributed by atoms with Crippen LogP contribution in [-0.4, -0.2) is 24.0 Å². The van der Waals surface area contributed by atoms with Crippen molar-refractivity contribution in [3.8, 4) is 17.6 Å². The van der Waals surface area contributed by atoms with Gasteiger partial charge in [-0.05, 0) is 24.3 Å². The Morgan fingerprint density at radius 3 is 2.85 bits per heavy atom. The predicted molar refractivity (Wildman–Crippen MR) is 93.8 cm³/mol. The van der Waals surface area contributed by atoms with Crippen LogP contribution in [0.5, 0.6) is 11.5 Å². The molecule has 1 aliphatic heterocycles. The number of hydrogen-bond acceptors (Lipinski definition) is 6. The first-order valence-corrected chi connectivity index (χ1v) is 8.43. The number of ketones is 1. The smallest absolute Gasteiger partial charge is 0.220 e. The van der Waals surface area contributed by atoms with E-state index in [2.05, 4.69) is 4.98 Å². The van der Waals surface area contributed by atoms with Crippen LogP contribution in [0.1, 0.15) is 28.6 Å². The number of para-hydroxylation sites is 2. The maximum atomic E-state index is 12.9. The number of oxazole rings is 1. The van der Waals surface area contributed by atoms with Crippen molar-refractivity contribution in [3.63, 3.8) is 0 Å². The zero-order chi connectivity index (χ0) is 18.1. The molecular weight excluding hydrogens is 356 g/mol. The number of carbonyl (C=O) groups is 1. The van der Waals surface area contributed by atoms with Crippen LogP contribution in [-0.2, 0) is 0 Å². The summed E-state index contributed by atoms with van der Waals surface area (Å²) in [5, 5.41) is 9.80. The lowest BCUT2D eigenvalue weighted by molar-refractivity contribution is 0.0970. The number of nitrogens with zero attached hydrogens (tertiary/aromatic N) is 2. The van der Waals surface area contributed by atoms with Gasteiger partial charge in [0.15, 0.2) is 28.8 Å². The predicted octanol–water partition coefficient (Wildman–Crippen LogP) is 4.13. The molecule has 0 amide bonds. The van der Waals surface area contributed by atoms with E-state index in [0.717, 1.165) is 6.42 Å². The van der Waals surface area contributed by atoms with Crippen molar-refractivity contribution >= 4 is 28.5 Å². The van der Waals surface area contributed by atoms with Gasteiger partial charge in [-0.2, -0.15) is 5.26 Å². The monoisotopic (exact) mass is 368 g/mol. The fourth-order valence-corrected chi connectivity index (χ4v) is 3.04. The fraction of sp³-hybridized carbons (Fsp3) is 0.211. The van der Waals surface area contributed by atoms with Gasteiger partial charge in [-0.15, -0.1) is 0 Å². The van der Waals surface area contributed by atoms with Gasteiger partial charge in [0.1, 0.15) is 5.52 Å². The first kappa shape index (κ1) is 16.4. The van der Waals surface area contributed by atoms with Gasteiger partial charge in [-0.1, -0.05) is 23.7 Å². The van der Waals surface area contributed by atoms with E-state index in [4.69, 9.17) is 25.5 Å². The van der Waals surface area contributed by atoms with Crippen LogP contribution in [0.3, 0.4) is 0 Å². The summed E-state index contributed by atoms with van der Waals surface area (Å²) in [6, 6.07) is 12.1. The van der Waals surface area contributed by atoms with Gasteiger partial charge in [0, 0.05) is 12.0 Å². The van der Waals surface area contributed by atoms with Gasteiger partial charge in [0.05, 0.1) is 24.3 Å². The molecule has 0 bridgehead atoms. The Kier molecular flexibility index (Phi) is 4.23. The lowest BCUT2D eigenvalue weighted by atomic mass is 9.98. The molecule has 0 N–H and O–H groups in total. The number of fused-ring (bicyclic) bond motifs is 2. The normalized spacial score (nSPS) is 14.5. The molecule has 1 aliphatic rings. The van der Waals surface area contributed by atoms with E-state index in [9.17, 15) is 10.1 Å². The van der Waals surface area contributed by atoms with Crippen LogP contribution >= 0.6 is 11.6 Å². The summed E-state index contributed by atoms with van der Waals surface area (Å²) in [4.78, 5) is 17.2. The molecule has 1 atom stereocenters. The maximum Gasteiger partial charge on any atom is 0.220 e. The van der Waals surface area contributed by atoms with Crippen molar-refractivity contribution in [2.75, 3.05) is 13.2 Å². The minimum atomic E-state index is -1.18. The van der Waals surface area contributed by atoms with Gasteiger partial charge in [-0.3, -0.25) is 4.79 Å². The molecule has 0 fully saturated rings. The van der Waals surface area contributed by atoms with Crippen LogP contribution in [0.4, 0.5) is 0 Å². The minimum Gasteiger partial charge on any atom is -0.489 e. The second-order valence-electron chi connectivity index (χ2n) is 5.78. The zero-order valence-corrected chi connectivity index (χ0v) is 14.3. The highest BCUT2D eigenvalue weighted by Crippen LogP contribution is 2.39. The Bertz CT molecular complexity index is 1000. The molecule has 2 aromatic carbocycles. The average molecular weight is 369 g/mol. The Labute approximate surface area is 153 Å². The standard InChI is InChI=1S/C19H13ClN2O4/c20-13-8-11(9-16-18(13)25-7-3-6-24-16)17(23)12(10-21)19-22-14-4-1-2-5-15(14)26-19/h1-2,4-5,8-9,12H,3,6-7H2. The fourth-order valence-electron chi connectivity index (χ4n) is 2.78. The summed E-state index contributed by atoms with van der Waals surface area (Å²) in [5.74, 6) is -0.773. The van der Waals surface area contributed by atoms with E-state index >= 15 is 0 Å². The van der Waals surface area contributed by atoms with E-state index < -0.39 is 11.7 Å². The number of Topliss-reactive ketones (excluding diaryl/α,β-unsaturated/α-hetero) is 1. The maximum absolute atomic E-state index is 12.9. The molecule has 0 spiro atoms. The van der Waals surface area contributed by atoms with E-state index in [1.807, 2.05) is 6.07 Å². The van der Waals surface area contributed by atoms with Gasteiger partial charge in [0.2, 0.25) is 5.89 Å². The number of benzene rings is 2. The van der Waals surface area contributed by atoms with Crippen molar-refractivity contribution in [2.45, 2.75) is 12.3 Å². The molecule has 1 aromatic heterocycles. The van der Waals surface area contributed by atoms with Gasteiger partial charge < -0.3 is 13.9 Å². The number of halogens is 1. The van der Waals surface area contributed by atoms with Gasteiger partial charge >= 0.3 is 0 Å². The SMILES string of the molecule is N#CC(C(=O)c1cc(Cl)c2c(c1)OCCCO2)c1nc2ccccc2o1. The summed E-state index contributed by atoms with van der Waals surface area (Å²) in [5.41, 5.74) is 1.35. The third-order valence-corrected chi connectivity index (χ3v) is 4.32. The van der Waals surface area contributed by atoms with E-state index in [-0.39, 0.29) is 16.5 Å². The second-order valence-corrected chi connectivity index (χ2v) is 6.19. The third-order valence-electron chi connectivity index (χ3n) is 4.04. The number of ether oxygens (including phenoxy) is 2. The molecular formula is C19H13ClN2O4. The summed E-state index contributed by atoms with van der Waals surface area (Å²) in [7, 11) is 0. The molecule has 4 rings (SSSR count). The highest BCUT2D eigenvalue weighted by molar-refractivity contribution is 6.32. The molecule has 0 aliphatic carbocycles. The van der Waals surface area contributed by atoms with Crippen molar-refractivity contribution in [1.29, 1.82) is 5.26 Å². The minimum absolute atomic E-state index is 0.0573. The Morgan fingerprint density at radius 1 is 1.23 bits per heavy atom. The Morgan fingerprint density at radius 2 is 2.04 bits per heavy atom. The number of rotatable bonds is 3. The Balaban J connectivity index is 1.72. The van der Waals surface area contributed by atoms with Gasteiger partial charge in [0.25, 0.3) is 0 Å². The first-order valence-electron chi connectivity index (χ1n) is 8.06. The number of nitriles is 1. The highest BCUT2D eigenvalue weighted by Gasteiger charge is 2.29. The summed E-state index contributed by atoms with van der Waals surface area (Å²) >= 11 is 6.24. The molecule has 0 saturated heterocycles. The Hall–Kier alpha value is -3.04. The van der Waals surface area contributed by atoms with E-state index in [1.54, 1.807) is 30.3 Å². The van der Waals surface area contributed by atoms with E-state index in [0.29, 0.717) is 35.8 Å². The quantitative estimate of drug-likeness (QED) is 0.646. The lowest BCUT2D eigenvalue weighted by Gasteiger charge is -2.12. The third kappa shape index (κ3) is 2.87. The van der Waals surface area contributed by atoms with Crippen molar-refractivity contribution in [2.24, 2.45) is 0 Å². The molecule has 7 heteroatoms. The molecule has 3 aromatic rings. The van der Waals surface area contributed by atoms with E-state index in [1.165, 1.54) is 6.07 Å². The first-order chi connectivity index (χ1) is 12.7.